The summed E-state index contributed by atoms with van der Waals surface area (Å²) in [7, 11) is 0. The number of aryl methyl sites for hydroxylation is 1. The molecule has 0 unspecified atom stereocenters. The minimum absolute atomic E-state index is 0.728. The number of ether oxygens (including phenoxy) is 1. The summed E-state index contributed by atoms with van der Waals surface area (Å²) in [4.78, 5) is 14.1. The number of hydrogen-bond acceptors (Lipinski definition) is 6. The molecule has 3 heterocycles. The van der Waals surface area contributed by atoms with E-state index >= 15 is 0 Å². The zero-order valence-corrected chi connectivity index (χ0v) is 12.8. The summed E-state index contributed by atoms with van der Waals surface area (Å²) >= 11 is 1.77. The summed E-state index contributed by atoms with van der Waals surface area (Å²) in [6, 6.07) is 2.24. The predicted molar refractivity (Wildman–Crippen MR) is 84.0 cm³/mol. The minimum atomic E-state index is 0.728. The van der Waals surface area contributed by atoms with Crippen LogP contribution in [-0.4, -0.2) is 42.8 Å². The smallest absolute Gasteiger partial charge is 0.226 e. The maximum absolute atomic E-state index is 5.44. The maximum atomic E-state index is 5.44. The number of nitrogens with one attached hydrogen (secondary N) is 1. The van der Waals surface area contributed by atoms with Gasteiger partial charge in [-0.3, -0.25) is 0 Å². The zero-order valence-electron chi connectivity index (χ0n) is 12.0. The van der Waals surface area contributed by atoms with Crippen LogP contribution in [0.2, 0.25) is 0 Å². The van der Waals surface area contributed by atoms with Gasteiger partial charge in [0.1, 0.15) is 10.6 Å². The molecule has 3 rings (SSSR count). The Bertz CT molecular complexity index is 592. The Morgan fingerprint density at radius 3 is 2.80 bits per heavy atom. The predicted octanol–water partition coefficient (Wildman–Crippen LogP) is 2.52. The van der Waals surface area contributed by atoms with Gasteiger partial charge in [0, 0.05) is 24.5 Å². The molecule has 0 aliphatic carbocycles. The van der Waals surface area contributed by atoms with Crippen molar-refractivity contribution in [1.82, 2.24) is 9.97 Å². The van der Waals surface area contributed by atoms with Crippen LogP contribution in [0, 0.1) is 0 Å². The normalized spacial score (nSPS) is 15.8. The van der Waals surface area contributed by atoms with E-state index in [0.717, 1.165) is 55.9 Å². The van der Waals surface area contributed by atoms with Crippen LogP contribution in [0.4, 0.5) is 11.8 Å². The second-order valence-electron chi connectivity index (χ2n) is 4.79. The monoisotopic (exact) mass is 292 g/mol. The van der Waals surface area contributed by atoms with E-state index < -0.39 is 0 Å². The lowest BCUT2D eigenvalue weighted by Crippen LogP contribution is -2.37. The van der Waals surface area contributed by atoms with Gasteiger partial charge in [-0.05, 0) is 19.4 Å². The van der Waals surface area contributed by atoms with Gasteiger partial charge in [0.25, 0.3) is 0 Å². The number of rotatable bonds is 4. The second-order valence-corrected chi connectivity index (χ2v) is 5.90. The number of fused-ring (bicyclic) bond motifs is 1. The van der Waals surface area contributed by atoms with Crippen molar-refractivity contribution in [3.63, 3.8) is 0 Å². The third-order valence-corrected chi connectivity index (χ3v) is 4.59. The Kier molecular flexibility index (Phi) is 4.03. The Morgan fingerprint density at radius 1 is 1.30 bits per heavy atom. The third-order valence-electron chi connectivity index (χ3n) is 3.42. The van der Waals surface area contributed by atoms with Gasteiger partial charge in [0.15, 0.2) is 0 Å². The molecule has 108 valence electrons. The van der Waals surface area contributed by atoms with E-state index in [0.29, 0.717) is 0 Å². The average Bonchev–Trinajstić information content (AvgIpc) is 2.91. The van der Waals surface area contributed by atoms with Crippen molar-refractivity contribution in [2.45, 2.75) is 20.3 Å². The molecule has 1 aliphatic heterocycles. The first-order valence-corrected chi connectivity index (χ1v) is 8.00. The first-order chi connectivity index (χ1) is 9.81. The quantitative estimate of drug-likeness (QED) is 0.938. The highest BCUT2D eigenvalue weighted by Crippen LogP contribution is 2.32. The van der Waals surface area contributed by atoms with E-state index in [1.54, 1.807) is 11.3 Å². The fourth-order valence-electron chi connectivity index (χ4n) is 2.38. The van der Waals surface area contributed by atoms with E-state index in [9.17, 15) is 0 Å². The largest absolute Gasteiger partial charge is 0.378 e. The van der Waals surface area contributed by atoms with Crippen molar-refractivity contribution in [3.05, 3.63) is 10.9 Å². The number of hydrogen-bond donors (Lipinski definition) is 1. The van der Waals surface area contributed by atoms with E-state index in [2.05, 4.69) is 35.1 Å². The SMILES string of the molecule is CCNc1nc(N2CCOCC2)c2cc(CC)sc2n1. The number of aromatic nitrogens is 2. The summed E-state index contributed by atoms with van der Waals surface area (Å²) in [5.74, 6) is 1.77. The number of morpholine rings is 1. The maximum Gasteiger partial charge on any atom is 0.226 e. The second kappa shape index (κ2) is 5.93. The highest BCUT2D eigenvalue weighted by Gasteiger charge is 2.18. The fraction of sp³-hybridized carbons (Fsp3) is 0.571. The van der Waals surface area contributed by atoms with Crippen LogP contribution in [0.1, 0.15) is 18.7 Å². The molecule has 0 saturated carbocycles. The van der Waals surface area contributed by atoms with E-state index in [4.69, 9.17) is 9.72 Å². The molecule has 0 aromatic carbocycles. The van der Waals surface area contributed by atoms with Crippen LogP contribution in [0.25, 0.3) is 10.2 Å². The van der Waals surface area contributed by atoms with Crippen molar-refractivity contribution in [2.24, 2.45) is 0 Å². The van der Waals surface area contributed by atoms with Crippen molar-refractivity contribution in [2.75, 3.05) is 43.1 Å². The molecule has 0 bridgehead atoms. The minimum Gasteiger partial charge on any atom is -0.378 e. The Balaban J connectivity index is 2.07. The van der Waals surface area contributed by atoms with E-state index in [-0.39, 0.29) is 0 Å². The van der Waals surface area contributed by atoms with Gasteiger partial charge >= 0.3 is 0 Å². The highest BCUT2D eigenvalue weighted by molar-refractivity contribution is 7.18. The van der Waals surface area contributed by atoms with E-state index in [1.807, 2.05) is 0 Å². The average molecular weight is 292 g/mol. The number of thiophene rings is 1. The van der Waals surface area contributed by atoms with Crippen LogP contribution >= 0.6 is 11.3 Å². The van der Waals surface area contributed by atoms with Gasteiger partial charge < -0.3 is 15.0 Å². The first kappa shape index (κ1) is 13.6. The highest BCUT2D eigenvalue weighted by atomic mass is 32.1. The molecule has 0 radical (unpaired) electrons. The van der Waals surface area contributed by atoms with Crippen LogP contribution < -0.4 is 10.2 Å². The summed E-state index contributed by atoms with van der Waals surface area (Å²) in [6.45, 7) is 8.41. The first-order valence-electron chi connectivity index (χ1n) is 7.18. The molecule has 0 spiro atoms. The molecule has 1 fully saturated rings. The fourth-order valence-corrected chi connectivity index (χ4v) is 3.35. The molecule has 20 heavy (non-hydrogen) atoms. The number of nitrogens with zero attached hydrogens (tertiary/aromatic N) is 3. The molecule has 2 aromatic rings. The van der Waals surface area contributed by atoms with Gasteiger partial charge in [-0.25, -0.2) is 4.98 Å². The lowest BCUT2D eigenvalue weighted by molar-refractivity contribution is 0.122. The molecule has 1 saturated heterocycles. The molecule has 5 nitrogen and oxygen atoms in total. The van der Waals surface area contributed by atoms with Crippen LogP contribution in [0.15, 0.2) is 6.07 Å². The molecule has 0 amide bonds. The topological polar surface area (TPSA) is 50.3 Å². The van der Waals surface area contributed by atoms with Crippen molar-refractivity contribution >= 4 is 33.3 Å². The van der Waals surface area contributed by atoms with Gasteiger partial charge in [-0.15, -0.1) is 11.3 Å². The summed E-state index contributed by atoms with van der Waals surface area (Å²) in [6.07, 6.45) is 1.04. The Labute approximate surface area is 123 Å². The van der Waals surface area contributed by atoms with Gasteiger partial charge in [-0.1, -0.05) is 6.92 Å². The lowest BCUT2D eigenvalue weighted by Gasteiger charge is -2.28. The number of anilines is 2. The van der Waals surface area contributed by atoms with Crippen LogP contribution in [-0.2, 0) is 11.2 Å². The zero-order chi connectivity index (χ0) is 13.9. The van der Waals surface area contributed by atoms with Crippen molar-refractivity contribution in [1.29, 1.82) is 0 Å². The van der Waals surface area contributed by atoms with E-state index in [1.165, 1.54) is 10.3 Å². The molecule has 1 aliphatic rings. The Morgan fingerprint density at radius 2 is 2.10 bits per heavy atom. The summed E-state index contributed by atoms with van der Waals surface area (Å²) in [5, 5.41) is 4.41. The summed E-state index contributed by atoms with van der Waals surface area (Å²) < 4.78 is 5.44. The molecule has 0 atom stereocenters. The molecule has 2 aromatic heterocycles. The van der Waals surface area contributed by atoms with Crippen LogP contribution in [0.5, 0.6) is 0 Å². The van der Waals surface area contributed by atoms with Gasteiger partial charge in [0.05, 0.1) is 18.6 Å². The lowest BCUT2D eigenvalue weighted by atomic mass is 10.3. The standard InChI is InChI=1S/C14H20N4OS/c1-3-10-9-11-12(18-5-7-19-8-6-18)16-14(15-4-2)17-13(11)20-10/h9H,3-8H2,1-2H3,(H,15,16,17). The van der Waals surface area contributed by atoms with Gasteiger partial charge in [-0.2, -0.15) is 4.98 Å². The van der Waals surface area contributed by atoms with Crippen molar-refractivity contribution in [3.8, 4) is 0 Å². The molecular weight excluding hydrogens is 272 g/mol. The summed E-state index contributed by atoms with van der Waals surface area (Å²) in [5.41, 5.74) is 0. The Hall–Kier alpha value is -1.40. The molecule has 1 N–H and O–H groups in total. The van der Waals surface area contributed by atoms with Gasteiger partial charge in [0.2, 0.25) is 5.95 Å². The third kappa shape index (κ3) is 2.58. The van der Waals surface area contributed by atoms with Crippen molar-refractivity contribution < 1.29 is 4.74 Å². The molecular formula is C14H20N4OS. The van der Waals surface area contributed by atoms with Crippen LogP contribution in [0.3, 0.4) is 0 Å². The molecule has 6 heteroatoms.